The van der Waals surface area contributed by atoms with Crippen molar-refractivity contribution in [3.63, 3.8) is 0 Å². The van der Waals surface area contributed by atoms with E-state index in [0.29, 0.717) is 11.8 Å². The Balaban J connectivity index is 1.72. The fourth-order valence-corrected chi connectivity index (χ4v) is 2.11. The van der Waals surface area contributed by atoms with E-state index in [1.807, 2.05) is 19.9 Å². The molecule has 0 amide bonds. The summed E-state index contributed by atoms with van der Waals surface area (Å²) in [5.41, 5.74) is 0. The molecule has 0 radical (unpaired) electrons. The van der Waals surface area contributed by atoms with Crippen molar-refractivity contribution < 1.29 is 19.1 Å². The van der Waals surface area contributed by atoms with Crippen LogP contribution in [0.1, 0.15) is 20.3 Å². The van der Waals surface area contributed by atoms with Crippen LogP contribution in [0.25, 0.3) is 0 Å². The maximum atomic E-state index is 11.5. The molecule has 0 N–H and O–H groups in total. The van der Waals surface area contributed by atoms with Crippen LogP contribution < -0.4 is 0 Å². The molecule has 1 unspecified atom stereocenters. The summed E-state index contributed by atoms with van der Waals surface area (Å²) in [6.07, 6.45) is 4.14. The summed E-state index contributed by atoms with van der Waals surface area (Å²) in [5, 5.41) is 0. The van der Waals surface area contributed by atoms with Gasteiger partial charge in [-0.1, -0.05) is 26.0 Å². The van der Waals surface area contributed by atoms with Gasteiger partial charge in [0.25, 0.3) is 0 Å². The SMILES string of the molecule is CC(C)COC(=O)OC(=O)C1[C@H]2CC=C[C@@H]12. The van der Waals surface area contributed by atoms with Gasteiger partial charge in [0.05, 0.1) is 12.5 Å². The smallest absolute Gasteiger partial charge is 0.434 e. The Morgan fingerprint density at radius 1 is 1.44 bits per heavy atom. The fraction of sp³-hybridized carbons (Fsp3) is 0.667. The molecule has 0 bridgehead atoms. The van der Waals surface area contributed by atoms with Crippen molar-refractivity contribution in [3.05, 3.63) is 12.2 Å². The van der Waals surface area contributed by atoms with E-state index in [0.717, 1.165) is 6.42 Å². The number of allylic oxidation sites excluding steroid dienone is 2. The lowest BCUT2D eigenvalue weighted by Crippen LogP contribution is -2.18. The van der Waals surface area contributed by atoms with Crippen LogP contribution in [0.4, 0.5) is 4.79 Å². The molecule has 88 valence electrons. The minimum Gasteiger partial charge on any atom is -0.434 e. The maximum Gasteiger partial charge on any atom is 0.516 e. The number of esters is 1. The Morgan fingerprint density at radius 3 is 2.75 bits per heavy atom. The lowest BCUT2D eigenvalue weighted by atomic mass is 10.2. The van der Waals surface area contributed by atoms with Gasteiger partial charge in [-0.3, -0.25) is 4.79 Å². The highest BCUT2D eigenvalue weighted by Gasteiger charge is 2.56. The van der Waals surface area contributed by atoms with Crippen LogP contribution in [0.5, 0.6) is 0 Å². The summed E-state index contributed by atoms with van der Waals surface area (Å²) in [6.45, 7) is 4.12. The summed E-state index contributed by atoms with van der Waals surface area (Å²) in [4.78, 5) is 22.6. The molecule has 4 nitrogen and oxygen atoms in total. The van der Waals surface area contributed by atoms with Crippen LogP contribution in [-0.4, -0.2) is 18.7 Å². The van der Waals surface area contributed by atoms with Crippen molar-refractivity contribution in [2.45, 2.75) is 20.3 Å². The first-order valence-corrected chi connectivity index (χ1v) is 5.64. The second-order valence-electron chi connectivity index (χ2n) is 4.81. The minimum absolute atomic E-state index is 0.114. The average Bonchev–Trinajstić information content (AvgIpc) is 2.70. The molecule has 1 fully saturated rings. The van der Waals surface area contributed by atoms with E-state index in [2.05, 4.69) is 10.8 Å². The van der Waals surface area contributed by atoms with Gasteiger partial charge in [0, 0.05) is 0 Å². The first-order chi connectivity index (χ1) is 7.59. The molecular formula is C12H16O4. The predicted octanol–water partition coefficient (Wildman–Crippen LogP) is 2.14. The molecule has 0 aromatic carbocycles. The lowest BCUT2D eigenvalue weighted by molar-refractivity contribution is -0.142. The minimum atomic E-state index is -0.868. The van der Waals surface area contributed by atoms with Gasteiger partial charge in [-0.25, -0.2) is 4.79 Å². The Hall–Kier alpha value is -1.32. The number of hydrogen-bond donors (Lipinski definition) is 0. The number of ether oxygens (including phenoxy) is 2. The van der Waals surface area contributed by atoms with Crippen LogP contribution in [0.2, 0.25) is 0 Å². The van der Waals surface area contributed by atoms with E-state index in [-0.39, 0.29) is 18.4 Å². The summed E-state index contributed by atoms with van der Waals surface area (Å²) < 4.78 is 9.40. The van der Waals surface area contributed by atoms with Gasteiger partial charge >= 0.3 is 12.1 Å². The summed E-state index contributed by atoms with van der Waals surface area (Å²) in [6, 6.07) is 0. The molecule has 0 aromatic rings. The Bertz CT molecular complexity index is 332. The number of carbonyl (C=O) groups is 2. The third-order valence-electron chi connectivity index (χ3n) is 2.99. The normalized spacial score (nSPS) is 30.1. The number of fused-ring (bicyclic) bond motifs is 1. The Labute approximate surface area is 94.6 Å². The molecule has 0 saturated heterocycles. The first kappa shape index (κ1) is 11.2. The zero-order valence-corrected chi connectivity index (χ0v) is 9.51. The van der Waals surface area contributed by atoms with Gasteiger partial charge in [0.15, 0.2) is 0 Å². The summed E-state index contributed by atoms with van der Waals surface area (Å²) in [7, 11) is 0. The molecule has 4 heteroatoms. The van der Waals surface area contributed by atoms with Gasteiger partial charge in [-0.15, -0.1) is 0 Å². The van der Waals surface area contributed by atoms with Crippen molar-refractivity contribution in [3.8, 4) is 0 Å². The standard InChI is InChI=1S/C12H16O4/c1-7(2)6-15-12(14)16-11(13)10-8-4-3-5-9(8)10/h3-4,7-10H,5-6H2,1-2H3/t8-,9+,10?/m1/s1. The first-order valence-electron chi connectivity index (χ1n) is 5.64. The van der Waals surface area contributed by atoms with E-state index in [9.17, 15) is 9.59 Å². The quantitative estimate of drug-likeness (QED) is 0.418. The second-order valence-corrected chi connectivity index (χ2v) is 4.81. The molecule has 1 saturated carbocycles. The Morgan fingerprint density at radius 2 is 2.19 bits per heavy atom. The summed E-state index contributed by atoms with van der Waals surface area (Å²) >= 11 is 0. The van der Waals surface area contributed by atoms with Crippen LogP contribution in [0, 0.1) is 23.7 Å². The average molecular weight is 224 g/mol. The highest BCUT2D eigenvalue weighted by molar-refractivity contribution is 5.86. The van der Waals surface area contributed by atoms with Crippen molar-refractivity contribution in [2.75, 3.05) is 6.61 Å². The van der Waals surface area contributed by atoms with Gasteiger partial charge in [-0.2, -0.15) is 0 Å². The molecule has 2 aliphatic rings. The number of rotatable bonds is 3. The monoisotopic (exact) mass is 224 g/mol. The highest BCUT2D eigenvalue weighted by Crippen LogP contribution is 2.54. The van der Waals surface area contributed by atoms with Gasteiger partial charge in [0.1, 0.15) is 0 Å². The molecule has 0 aliphatic heterocycles. The number of carbonyl (C=O) groups excluding carboxylic acids is 2. The van der Waals surface area contributed by atoms with Crippen LogP contribution in [0.15, 0.2) is 12.2 Å². The third kappa shape index (κ3) is 2.26. The predicted molar refractivity (Wildman–Crippen MR) is 56.5 cm³/mol. The topological polar surface area (TPSA) is 52.6 Å². The fourth-order valence-electron chi connectivity index (χ4n) is 2.11. The Kier molecular flexibility index (Phi) is 2.99. The molecule has 0 spiro atoms. The van der Waals surface area contributed by atoms with E-state index in [1.165, 1.54) is 0 Å². The number of hydrogen-bond acceptors (Lipinski definition) is 4. The maximum absolute atomic E-state index is 11.5. The molecule has 0 heterocycles. The van der Waals surface area contributed by atoms with E-state index >= 15 is 0 Å². The van der Waals surface area contributed by atoms with E-state index in [1.54, 1.807) is 0 Å². The largest absolute Gasteiger partial charge is 0.516 e. The molecule has 16 heavy (non-hydrogen) atoms. The molecular weight excluding hydrogens is 208 g/mol. The van der Waals surface area contributed by atoms with Crippen molar-refractivity contribution in [2.24, 2.45) is 23.7 Å². The highest BCUT2D eigenvalue weighted by atomic mass is 16.7. The van der Waals surface area contributed by atoms with Crippen molar-refractivity contribution in [1.29, 1.82) is 0 Å². The van der Waals surface area contributed by atoms with Crippen molar-refractivity contribution in [1.82, 2.24) is 0 Å². The second kappa shape index (κ2) is 4.28. The zero-order valence-electron chi connectivity index (χ0n) is 9.51. The molecule has 2 rings (SSSR count). The zero-order chi connectivity index (χ0) is 11.7. The van der Waals surface area contributed by atoms with Crippen molar-refractivity contribution >= 4 is 12.1 Å². The summed E-state index contributed by atoms with van der Waals surface area (Å²) in [5.74, 6) is 0.353. The van der Waals surface area contributed by atoms with E-state index in [4.69, 9.17) is 4.74 Å². The molecule has 3 atom stereocenters. The van der Waals surface area contributed by atoms with Crippen LogP contribution >= 0.6 is 0 Å². The third-order valence-corrected chi connectivity index (χ3v) is 2.99. The molecule has 2 aliphatic carbocycles. The van der Waals surface area contributed by atoms with E-state index < -0.39 is 12.1 Å². The van der Waals surface area contributed by atoms with Gasteiger partial charge < -0.3 is 9.47 Å². The van der Waals surface area contributed by atoms with Crippen LogP contribution in [0.3, 0.4) is 0 Å². The van der Waals surface area contributed by atoms with Gasteiger partial charge in [0.2, 0.25) is 0 Å². The van der Waals surface area contributed by atoms with Gasteiger partial charge in [-0.05, 0) is 24.2 Å². The lowest BCUT2D eigenvalue weighted by Gasteiger charge is -2.06. The molecule has 0 aromatic heterocycles. The van der Waals surface area contributed by atoms with Crippen LogP contribution in [-0.2, 0) is 14.3 Å².